The summed E-state index contributed by atoms with van der Waals surface area (Å²) >= 11 is 0. The van der Waals surface area contributed by atoms with Crippen molar-refractivity contribution in [1.29, 1.82) is 0 Å². The fourth-order valence-corrected chi connectivity index (χ4v) is 2.94. The molecule has 3 nitrogen and oxygen atoms in total. The van der Waals surface area contributed by atoms with E-state index in [1.54, 1.807) is 24.3 Å². The van der Waals surface area contributed by atoms with Crippen molar-refractivity contribution in [3.63, 3.8) is 0 Å². The quantitative estimate of drug-likeness (QED) is 0.408. The molecule has 0 saturated carbocycles. The van der Waals surface area contributed by atoms with E-state index < -0.39 is 5.82 Å². The van der Waals surface area contributed by atoms with E-state index >= 15 is 0 Å². The summed E-state index contributed by atoms with van der Waals surface area (Å²) in [5, 5.41) is 5.06. The maximum Gasteiger partial charge on any atom is 0.167 e. The molecule has 0 aliphatic heterocycles. The highest BCUT2D eigenvalue weighted by Gasteiger charge is 2.10. The van der Waals surface area contributed by atoms with Gasteiger partial charge < -0.3 is 10.1 Å². The van der Waals surface area contributed by atoms with Crippen molar-refractivity contribution in [3.05, 3.63) is 84.4 Å². The number of rotatable bonds is 4. The van der Waals surface area contributed by atoms with Gasteiger partial charge >= 0.3 is 0 Å². The molecule has 29 heavy (non-hydrogen) atoms. The van der Waals surface area contributed by atoms with E-state index in [9.17, 15) is 8.78 Å². The van der Waals surface area contributed by atoms with Crippen molar-refractivity contribution in [1.82, 2.24) is 4.98 Å². The molecule has 0 spiro atoms. The summed E-state index contributed by atoms with van der Waals surface area (Å²) in [4.78, 5) is 4.68. The Hall–Kier alpha value is -3.47. The van der Waals surface area contributed by atoms with Crippen LogP contribution < -0.4 is 10.1 Å². The topological polar surface area (TPSA) is 34.1 Å². The van der Waals surface area contributed by atoms with Crippen LogP contribution in [0.1, 0.15) is 13.8 Å². The lowest BCUT2D eigenvalue weighted by atomic mass is 10.1. The molecule has 0 atom stereocenters. The second-order valence-electron chi connectivity index (χ2n) is 6.06. The molecule has 5 heteroatoms. The minimum atomic E-state index is -0.457. The first-order valence-electron chi connectivity index (χ1n) is 9.40. The number of nitrogens with one attached hydrogen (secondary N) is 1. The van der Waals surface area contributed by atoms with E-state index in [2.05, 4.69) is 10.3 Å². The molecule has 0 aliphatic carbocycles. The lowest BCUT2D eigenvalue weighted by Crippen LogP contribution is -1.98. The van der Waals surface area contributed by atoms with Gasteiger partial charge in [0.1, 0.15) is 11.6 Å². The van der Waals surface area contributed by atoms with Crippen molar-refractivity contribution < 1.29 is 13.5 Å². The van der Waals surface area contributed by atoms with E-state index in [0.717, 1.165) is 16.3 Å². The summed E-state index contributed by atoms with van der Waals surface area (Å²) in [7, 11) is 1.42. The molecule has 1 heterocycles. The van der Waals surface area contributed by atoms with Crippen LogP contribution in [0.4, 0.5) is 20.3 Å². The predicted octanol–water partition coefficient (Wildman–Crippen LogP) is 6.96. The van der Waals surface area contributed by atoms with Gasteiger partial charge in [0.15, 0.2) is 11.6 Å². The summed E-state index contributed by atoms with van der Waals surface area (Å²) < 4.78 is 32.2. The van der Waals surface area contributed by atoms with Crippen LogP contribution in [-0.4, -0.2) is 12.1 Å². The summed E-state index contributed by atoms with van der Waals surface area (Å²) in [6.07, 6.45) is 0. The third-order valence-electron chi connectivity index (χ3n) is 4.29. The predicted molar refractivity (Wildman–Crippen MR) is 115 cm³/mol. The highest BCUT2D eigenvalue weighted by Crippen LogP contribution is 2.31. The smallest absolute Gasteiger partial charge is 0.167 e. The maximum absolute atomic E-state index is 14.0. The van der Waals surface area contributed by atoms with Crippen molar-refractivity contribution >= 4 is 22.3 Å². The third-order valence-corrected chi connectivity index (χ3v) is 4.29. The Kier molecular flexibility index (Phi) is 6.39. The number of pyridine rings is 1. The van der Waals surface area contributed by atoms with Crippen LogP contribution in [0.5, 0.6) is 5.75 Å². The normalized spacial score (nSPS) is 10.2. The van der Waals surface area contributed by atoms with Gasteiger partial charge in [-0.3, -0.25) is 0 Å². The summed E-state index contributed by atoms with van der Waals surface area (Å²) in [5.74, 6) is 0.0171. The Morgan fingerprint density at radius 3 is 2.28 bits per heavy atom. The second-order valence-corrected chi connectivity index (χ2v) is 6.06. The fraction of sp³-hybridized carbons (Fsp3) is 0.125. The van der Waals surface area contributed by atoms with Gasteiger partial charge in [-0.2, -0.15) is 0 Å². The van der Waals surface area contributed by atoms with Gasteiger partial charge in [-0.1, -0.05) is 38.1 Å². The van der Waals surface area contributed by atoms with Gasteiger partial charge in [0, 0.05) is 22.7 Å². The van der Waals surface area contributed by atoms with Gasteiger partial charge in [0.25, 0.3) is 0 Å². The van der Waals surface area contributed by atoms with Crippen LogP contribution in [0, 0.1) is 11.6 Å². The molecular weight excluding hydrogens is 370 g/mol. The van der Waals surface area contributed by atoms with Crippen molar-refractivity contribution in [2.24, 2.45) is 0 Å². The second kappa shape index (κ2) is 9.15. The summed E-state index contributed by atoms with van der Waals surface area (Å²) in [6, 6.07) is 20.5. The SMILES string of the molecule is CC.COc1ccc(Nc2nc(-c3ccc(F)cc3)cc3ccccc23)cc1F. The average Bonchev–Trinajstić information content (AvgIpc) is 2.76. The lowest BCUT2D eigenvalue weighted by molar-refractivity contribution is 0.386. The number of hydrogen-bond donors (Lipinski definition) is 1. The molecule has 4 aromatic rings. The van der Waals surface area contributed by atoms with Gasteiger partial charge in [-0.15, -0.1) is 0 Å². The molecule has 3 aromatic carbocycles. The number of methoxy groups -OCH3 is 1. The Labute approximate surface area is 169 Å². The van der Waals surface area contributed by atoms with Crippen LogP contribution in [-0.2, 0) is 0 Å². The monoisotopic (exact) mass is 392 g/mol. The zero-order valence-corrected chi connectivity index (χ0v) is 16.5. The highest BCUT2D eigenvalue weighted by atomic mass is 19.1. The number of ether oxygens (including phenoxy) is 1. The molecule has 1 aromatic heterocycles. The van der Waals surface area contributed by atoms with E-state index in [4.69, 9.17) is 4.74 Å². The number of halogens is 2. The zero-order valence-electron chi connectivity index (χ0n) is 16.5. The Bertz CT molecular complexity index is 1110. The maximum atomic E-state index is 14.0. The fourth-order valence-electron chi connectivity index (χ4n) is 2.94. The van der Waals surface area contributed by atoms with E-state index in [0.29, 0.717) is 17.2 Å². The number of hydrogen-bond acceptors (Lipinski definition) is 3. The highest BCUT2D eigenvalue weighted by molar-refractivity contribution is 5.95. The number of aromatic nitrogens is 1. The van der Waals surface area contributed by atoms with Crippen molar-refractivity contribution in [3.8, 4) is 17.0 Å². The average molecular weight is 392 g/mol. The molecule has 0 amide bonds. The third kappa shape index (κ3) is 4.51. The minimum absolute atomic E-state index is 0.179. The van der Waals surface area contributed by atoms with E-state index in [-0.39, 0.29) is 11.6 Å². The molecule has 0 saturated heterocycles. The molecule has 0 aliphatic rings. The number of benzene rings is 3. The molecule has 0 unspecified atom stereocenters. The largest absolute Gasteiger partial charge is 0.494 e. The molecular formula is C24H22F2N2O. The van der Waals surface area contributed by atoms with Crippen molar-refractivity contribution in [2.75, 3.05) is 12.4 Å². The van der Waals surface area contributed by atoms with Gasteiger partial charge in [-0.05, 0) is 47.9 Å². The lowest BCUT2D eigenvalue weighted by Gasteiger charge is -2.12. The first kappa shape index (κ1) is 20.3. The molecule has 0 fully saturated rings. The van der Waals surface area contributed by atoms with E-state index in [1.165, 1.54) is 25.3 Å². The van der Waals surface area contributed by atoms with Gasteiger partial charge in [0.2, 0.25) is 0 Å². The summed E-state index contributed by atoms with van der Waals surface area (Å²) in [5.41, 5.74) is 2.05. The van der Waals surface area contributed by atoms with E-state index in [1.807, 2.05) is 44.2 Å². The van der Waals surface area contributed by atoms with Crippen LogP contribution in [0.2, 0.25) is 0 Å². The van der Waals surface area contributed by atoms with Crippen LogP contribution in [0.3, 0.4) is 0 Å². The minimum Gasteiger partial charge on any atom is -0.494 e. The molecule has 0 bridgehead atoms. The first-order valence-corrected chi connectivity index (χ1v) is 9.40. The number of nitrogens with zero attached hydrogens (tertiary/aromatic N) is 1. The van der Waals surface area contributed by atoms with Gasteiger partial charge in [-0.25, -0.2) is 13.8 Å². The van der Waals surface area contributed by atoms with Crippen molar-refractivity contribution in [2.45, 2.75) is 13.8 Å². The van der Waals surface area contributed by atoms with Crippen LogP contribution in [0.25, 0.3) is 22.0 Å². The Morgan fingerprint density at radius 2 is 1.59 bits per heavy atom. The Balaban J connectivity index is 0.00000117. The summed E-state index contributed by atoms with van der Waals surface area (Å²) in [6.45, 7) is 4.00. The molecule has 1 N–H and O–H groups in total. The van der Waals surface area contributed by atoms with Gasteiger partial charge in [0.05, 0.1) is 12.8 Å². The molecule has 148 valence electrons. The standard InChI is InChI=1S/C22H16F2N2O.C2H6/c1-27-21-11-10-17(13-19(21)24)25-22-18-5-3-2-4-15(18)12-20(26-22)14-6-8-16(23)9-7-14;1-2/h2-13H,1H3,(H,25,26);1-2H3. The number of anilines is 2. The molecule has 0 radical (unpaired) electrons. The van der Waals surface area contributed by atoms with Crippen LogP contribution >= 0.6 is 0 Å². The zero-order chi connectivity index (χ0) is 20.8. The first-order chi connectivity index (χ1) is 14.1. The molecule has 4 rings (SSSR count). The number of fused-ring (bicyclic) bond motifs is 1. The Morgan fingerprint density at radius 1 is 0.862 bits per heavy atom. The van der Waals surface area contributed by atoms with Crippen LogP contribution in [0.15, 0.2) is 72.8 Å².